The molecule has 4 heterocycles. The van der Waals surface area contributed by atoms with Gasteiger partial charge in [0.25, 0.3) is 0 Å². The lowest BCUT2D eigenvalue weighted by Crippen LogP contribution is -2.35. The number of piperidine rings is 1. The molecular formula is C17H18N4O4S3. The van der Waals surface area contributed by atoms with E-state index in [0.717, 1.165) is 35.5 Å². The largest absolute Gasteiger partial charge is 0.412 e. The summed E-state index contributed by atoms with van der Waals surface area (Å²) in [5.74, 6) is -0.209. The van der Waals surface area contributed by atoms with E-state index < -0.39 is 10.0 Å². The quantitative estimate of drug-likeness (QED) is 0.634. The van der Waals surface area contributed by atoms with Crippen molar-refractivity contribution in [3.63, 3.8) is 0 Å². The standard InChI is InChI=1S/C17H18N4O4S3/c22-17(21-6-2-1-3-7-21)16-20-19-15(25-16)12-9-14(27-11-12)28(23,24)18-10-13-5-4-8-26-13/h4-5,8-9,11,18H,1-3,6-7,10H2. The predicted octanol–water partition coefficient (Wildman–Crippen LogP) is 2.96. The minimum atomic E-state index is -3.64. The van der Waals surface area contributed by atoms with Gasteiger partial charge in [-0.1, -0.05) is 6.07 Å². The average Bonchev–Trinajstić information content (AvgIpc) is 3.48. The second-order valence-corrected chi connectivity index (χ2v) is 10.3. The average molecular weight is 439 g/mol. The number of nitrogens with zero attached hydrogens (tertiary/aromatic N) is 3. The van der Waals surface area contributed by atoms with Crippen LogP contribution in [0.3, 0.4) is 0 Å². The van der Waals surface area contributed by atoms with Gasteiger partial charge < -0.3 is 9.32 Å². The third-order valence-corrected chi connectivity index (χ3v) is 8.07. The molecule has 0 bridgehead atoms. The number of carbonyl (C=O) groups is 1. The molecule has 1 N–H and O–H groups in total. The smallest absolute Gasteiger partial charge is 0.311 e. The summed E-state index contributed by atoms with van der Waals surface area (Å²) in [5.41, 5.74) is 0.478. The second kappa shape index (κ2) is 8.11. The third-order valence-electron chi connectivity index (χ3n) is 4.35. The molecule has 28 heavy (non-hydrogen) atoms. The van der Waals surface area contributed by atoms with Crippen LogP contribution in [0.4, 0.5) is 0 Å². The van der Waals surface area contributed by atoms with Crippen LogP contribution in [0.2, 0.25) is 0 Å². The zero-order valence-corrected chi connectivity index (χ0v) is 17.3. The number of hydrogen-bond acceptors (Lipinski definition) is 8. The summed E-state index contributed by atoms with van der Waals surface area (Å²) >= 11 is 2.55. The van der Waals surface area contributed by atoms with Crippen molar-refractivity contribution < 1.29 is 17.6 Å². The summed E-state index contributed by atoms with van der Waals surface area (Å²) in [5, 5.41) is 11.3. The molecule has 0 radical (unpaired) electrons. The molecular weight excluding hydrogens is 420 g/mol. The molecule has 0 spiro atoms. The highest BCUT2D eigenvalue weighted by atomic mass is 32.2. The van der Waals surface area contributed by atoms with Crippen molar-refractivity contribution in [1.29, 1.82) is 0 Å². The SMILES string of the molecule is O=C(c1nnc(-c2csc(S(=O)(=O)NCc3cccs3)c2)o1)N1CCCCC1. The Morgan fingerprint density at radius 1 is 1.21 bits per heavy atom. The lowest BCUT2D eigenvalue weighted by molar-refractivity contribution is 0.0684. The Morgan fingerprint density at radius 2 is 2.04 bits per heavy atom. The fourth-order valence-corrected chi connectivity index (χ4v) is 5.82. The van der Waals surface area contributed by atoms with Crippen molar-refractivity contribution in [1.82, 2.24) is 19.8 Å². The maximum atomic E-state index is 12.5. The molecule has 8 nitrogen and oxygen atoms in total. The molecule has 1 fully saturated rings. The molecule has 3 aromatic rings. The van der Waals surface area contributed by atoms with E-state index in [9.17, 15) is 13.2 Å². The maximum absolute atomic E-state index is 12.5. The molecule has 3 aromatic heterocycles. The van der Waals surface area contributed by atoms with E-state index in [1.807, 2.05) is 17.5 Å². The first-order valence-electron chi connectivity index (χ1n) is 8.77. The van der Waals surface area contributed by atoms with Gasteiger partial charge in [0, 0.05) is 29.9 Å². The van der Waals surface area contributed by atoms with Gasteiger partial charge in [-0.2, -0.15) is 0 Å². The van der Waals surface area contributed by atoms with Gasteiger partial charge >= 0.3 is 11.8 Å². The number of rotatable bonds is 6. The van der Waals surface area contributed by atoms with Crippen LogP contribution >= 0.6 is 22.7 Å². The minimum absolute atomic E-state index is 0.0664. The predicted molar refractivity (Wildman–Crippen MR) is 106 cm³/mol. The summed E-state index contributed by atoms with van der Waals surface area (Å²) in [4.78, 5) is 15.1. The van der Waals surface area contributed by atoms with Crippen molar-refractivity contribution >= 4 is 38.6 Å². The number of sulfonamides is 1. The molecule has 0 unspecified atom stereocenters. The van der Waals surface area contributed by atoms with E-state index in [1.165, 1.54) is 17.4 Å². The molecule has 0 aromatic carbocycles. The fraction of sp³-hybridized carbons (Fsp3) is 0.353. The van der Waals surface area contributed by atoms with Gasteiger partial charge in [-0.3, -0.25) is 4.79 Å². The van der Waals surface area contributed by atoms with Gasteiger partial charge in [-0.15, -0.1) is 32.9 Å². The normalized spacial score (nSPS) is 15.1. The lowest BCUT2D eigenvalue weighted by atomic mass is 10.1. The van der Waals surface area contributed by atoms with Crippen LogP contribution in [0.25, 0.3) is 11.5 Å². The third kappa shape index (κ3) is 4.17. The zero-order chi connectivity index (χ0) is 19.6. The van der Waals surface area contributed by atoms with E-state index in [0.29, 0.717) is 18.7 Å². The van der Waals surface area contributed by atoms with Crippen molar-refractivity contribution in [2.75, 3.05) is 13.1 Å². The van der Waals surface area contributed by atoms with Crippen LogP contribution in [0.5, 0.6) is 0 Å². The molecule has 1 aliphatic rings. The van der Waals surface area contributed by atoms with Gasteiger partial charge in [0.1, 0.15) is 4.21 Å². The van der Waals surface area contributed by atoms with Crippen molar-refractivity contribution in [3.05, 3.63) is 39.7 Å². The molecule has 11 heteroatoms. The molecule has 0 atom stereocenters. The van der Waals surface area contributed by atoms with E-state index in [2.05, 4.69) is 14.9 Å². The van der Waals surface area contributed by atoms with Gasteiger partial charge in [-0.25, -0.2) is 13.1 Å². The number of nitrogens with one attached hydrogen (secondary N) is 1. The topological polar surface area (TPSA) is 105 Å². The monoisotopic (exact) mass is 438 g/mol. The zero-order valence-electron chi connectivity index (χ0n) is 14.8. The van der Waals surface area contributed by atoms with E-state index in [-0.39, 0.29) is 28.4 Å². The van der Waals surface area contributed by atoms with Gasteiger partial charge in [0.15, 0.2) is 0 Å². The number of carbonyl (C=O) groups excluding carboxylic acids is 1. The lowest BCUT2D eigenvalue weighted by Gasteiger charge is -2.24. The van der Waals surface area contributed by atoms with Crippen LogP contribution in [-0.4, -0.2) is 42.5 Å². The van der Waals surface area contributed by atoms with Crippen LogP contribution < -0.4 is 4.72 Å². The Kier molecular flexibility index (Phi) is 5.58. The summed E-state index contributed by atoms with van der Waals surface area (Å²) in [6.07, 6.45) is 3.06. The summed E-state index contributed by atoms with van der Waals surface area (Å²) in [6.45, 7) is 1.61. The van der Waals surface area contributed by atoms with E-state index in [4.69, 9.17) is 4.42 Å². The van der Waals surface area contributed by atoms with Crippen LogP contribution in [0.15, 0.2) is 37.6 Å². The first-order valence-corrected chi connectivity index (χ1v) is 12.0. The highest BCUT2D eigenvalue weighted by Gasteiger charge is 2.25. The van der Waals surface area contributed by atoms with E-state index in [1.54, 1.807) is 10.3 Å². The van der Waals surface area contributed by atoms with Crippen LogP contribution in [0, 0.1) is 0 Å². The molecule has 148 valence electrons. The van der Waals surface area contributed by atoms with Crippen molar-refractivity contribution in [3.8, 4) is 11.5 Å². The molecule has 1 saturated heterocycles. The Labute approximate surface area is 170 Å². The summed E-state index contributed by atoms with van der Waals surface area (Å²) < 4.78 is 33.2. The Hall–Kier alpha value is -2.08. The molecule has 1 amide bonds. The molecule has 1 aliphatic heterocycles. The number of amides is 1. The highest BCUT2D eigenvalue weighted by molar-refractivity contribution is 7.91. The molecule has 4 rings (SSSR count). The minimum Gasteiger partial charge on any atom is -0.412 e. The van der Waals surface area contributed by atoms with E-state index >= 15 is 0 Å². The first-order chi connectivity index (χ1) is 13.5. The summed E-state index contributed by atoms with van der Waals surface area (Å²) in [7, 11) is -3.64. The Balaban J connectivity index is 1.47. The van der Waals surface area contributed by atoms with Gasteiger partial charge in [0.2, 0.25) is 15.9 Å². The second-order valence-electron chi connectivity index (χ2n) is 6.32. The fourth-order valence-electron chi connectivity index (χ4n) is 2.88. The molecule has 0 aliphatic carbocycles. The first kappa shape index (κ1) is 19.2. The van der Waals surface area contributed by atoms with Crippen LogP contribution in [0.1, 0.15) is 34.8 Å². The Morgan fingerprint density at radius 3 is 2.79 bits per heavy atom. The Bertz CT molecular complexity index is 1050. The summed E-state index contributed by atoms with van der Waals surface area (Å²) in [6, 6.07) is 5.21. The number of hydrogen-bond donors (Lipinski definition) is 1. The van der Waals surface area contributed by atoms with Gasteiger partial charge in [0.05, 0.1) is 5.56 Å². The number of thiophene rings is 2. The van der Waals surface area contributed by atoms with Crippen molar-refractivity contribution in [2.24, 2.45) is 0 Å². The highest BCUT2D eigenvalue weighted by Crippen LogP contribution is 2.28. The van der Waals surface area contributed by atoms with Crippen molar-refractivity contribution in [2.45, 2.75) is 30.0 Å². The number of aromatic nitrogens is 2. The molecule has 0 saturated carbocycles. The van der Waals surface area contributed by atoms with Crippen LogP contribution in [-0.2, 0) is 16.6 Å². The maximum Gasteiger partial charge on any atom is 0.311 e. The van der Waals surface area contributed by atoms with Gasteiger partial charge in [-0.05, 0) is 36.8 Å². The number of likely N-dealkylation sites (tertiary alicyclic amines) is 1.